The van der Waals surface area contributed by atoms with E-state index in [4.69, 9.17) is 16.2 Å². The second-order valence-corrected chi connectivity index (χ2v) is 4.14. The molecule has 5 heteroatoms. The summed E-state index contributed by atoms with van der Waals surface area (Å²) in [5, 5.41) is 0. The Morgan fingerprint density at radius 2 is 2.05 bits per heavy atom. The van der Waals surface area contributed by atoms with Crippen LogP contribution in [0, 0.1) is 0 Å². The van der Waals surface area contributed by atoms with Gasteiger partial charge in [0.25, 0.3) is 0 Å². The Bertz CT molecular complexity index is 611. The van der Waals surface area contributed by atoms with Gasteiger partial charge in [0.05, 0.1) is 7.11 Å². The average molecular weight is 257 g/mol. The summed E-state index contributed by atoms with van der Waals surface area (Å²) in [6.07, 6.45) is 1.80. The number of Topliss-reactive ketones (excluding diaryl/α,β-unsaturated/α-hetero) is 1. The quantitative estimate of drug-likeness (QED) is 0.642. The molecule has 0 fully saturated rings. The molecule has 0 aliphatic heterocycles. The van der Waals surface area contributed by atoms with Gasteiger partial charge < -0.3 is 16.2 Å². The molecule has 0 amide bonds. The zero-order chi connectivity index (χ0) is 13.8. The standard InChI is InChI=1S/C14H15N3O2/c1-19-10-2-3-12(15)11(8-10)13(18)6-9-4-5-17-14(16)7-9/h2-5,7-8H,6,15H2,1H3,(H2,16,17). The van der Waals surface area contributed by atoms with Crippen LogP contribution in [-0.2, 0) is 6.42 Å². The summed E-state index contributed by atoms with van der Waals surface area (Å²) in [6, 6.07) is 8.45. The number of rotatable bonds is 4. The number of anilines is 2. The molecule has 1 heterocycles. The van der Waals surface area contributed by atoms with E-state index in [1.54, 1.807) is 43.6 Å². The van der Waals surface area contributed by atoms with Crippen LogP contribution in [0.4, 0.5) is 11.5 Å². The van der Waals surface area contributed by atoms with E-state index in [0.29, 0.717) is 22.8 Å². The smallest absolute Gasteiger partial charge is 0.169 e. The molecule has 0 aliphatic carbocycles. The van der Waals surface area contributed by atoms with E-state index in [9.17, 15) is 4.79 Å². The van der Waals surface area contributed by atoms with Gasteiger partial charge in [0.2, 0.25) is 0 Å². The van der Waals surface area contributed by atoms with Crippen LogP contribution in [0.2, 0.25) is 0 Å². The van der Waals surface area contributed by atoms with Crippen molar-refractivity contribution < 1.29 is 9.53 Å². The highest BCUT2D eigenvalue weighted by Crippen LogP contribution is 2.21. The molecule has 0 spiro atoms. The molecule has 0 saturated carbocycles. The Morgan fingerprint density at radius 1 is 1.26 bits per heavy atom. The van der Waals surface area contributed by atoms with Crippen LogP contribution in [0.1, 0.15) is 15.9 Å². The number of carbonyl (C=O) groups excluding carboxylic acids is 1. The van der Waals surface area contributed by atoms with Crippen molar-refractivity contribution in [3.05, 3.63) is 47.7 Å². The molecule has 98 valence electrons. The van der Waals surface area contributed by atoms with Gasteiger partial charge in [-0.15, -0.1) is 0 Å². The third-order valence-corrected chi connectivity index (χ3v) is 2.77. The van der Waals surface area contributed by atoms with Gasteiger partial charge in [-0.05, 0) is 35.9 Å². The molecule has 0 unspecified atom stereocenters. The highest BCUT2D eigenvalue weighted by Gasteiger charge is 2.12. The predicted molar refractivity (Wildman–Crippen MR) is 74.1 cm³/mol. The van der Waals surface area contributed by atoms with E-state index >= 15 is 0 Å². The molecule has 2 aromatic rings. The second-order valence-electron chi connectivity index (χ2n) is 4.14. The zero-order valence-corrected chi connectivity index (χ0v) is 10.6. The van der Waals surface area contributed by atoms with Crippen LogP contribution < -0.4 is 16.2 Å². The van der Waals surface area contributed by atoms with Crippen molar-refractivity contribution in [1.82, 2.24) is 4.98 Å². The van der Waals surface area contributed by atoms with Gasteiger partial charge in [-0.25, -0.2) is 4.98 Å². The van der Waals surface area contributed by atoms with Crippen LogP contribution in [0.3, 0.4) is 0 Å². The Labute approximate surface area is 111 Å². The number of nitrogens with two attached hydrogens (primary N) is 2. The van der Waals surface area contributed by atoms with E-state index < -0.39 is 0 Å². The lowest BCUT2D eigenvalue weighted by molar-refractivity contribution is 0.0993. The number of nitrogens with zero attached hydrogens (tertiary/aromatic N) is 1. The first-order valence-corrected chi connectivity index (χ1v) is 5.77. The molecular formula is C14H15N3O2. The van der Waals surface area contributed by atoms with E-state index in [1.807, 2.05) is 0 Å². The monoisotopic (exact) mass is 257 g/mol. The maximum absolute atomic E-state index is 12.2. The zero-order valence-electron chi connectivity index (χ0n) is 10.6. The summed E-state index contributed by atoms with van der Waals surface area (Å²) in [4.78, 5) is 16.1. The topological polar surface area (TPSA) is 91.2 Å². The van der Waals surface area contributed by atoms with Gasteiger partial charge in [-0.3, -0.25) is 4.79 Å². The summed E-state index contributed by atoms with van der Waals surface area (Å²) >= 11 is 0. The molecule has 5 nitrogen and oxygen atoms in total. The Kier molecular flexibility index (Phi) is 3.66. The molecule has 19 heavy (non-hydrogen) atoms. The Balaban J connectivity index is 2.25. The lowest BCUT2D eigenvalue weighted by atomic mass is 10.0. The average Bonchev–Trinajstić information content (AvgIpc) is 2.39. The van der Waals surface area contributed by atoms with E-state index in [1.165, 1.54) is 0 Å². The van der Waals surface area contributed by atoms with Gasteiger partial charge in [-0.2, -0.15) is 0 Å². The molecule has 0 bridgehead atoms. The van der Waals surface area contributed by atoms with Crippen molar-refractivity contribution in [3.8, 4) is 5.75 Å². The third kappa shape index (κ3) is 3.01. The van der Waals surface area contributed by atoms with Crippen molar-refractivity contribution in [1.29, 1.82) is 0 Å². The van der Waals surface area contributed by atoms with Crippen molar-refractivity contribution in [3.63, 3.8) is 0 Å². The first-order chi connectivity index (χ1) is 9.10. The summed E-state index contributed by atoms with van der Waals surface area (Å²) in [5.41, 5.74) is 13.1. The van der Waals surface area contributed by atoms with Crippen molar-refractivity contribution in [2.45, 2.75) is 6.42 Å². The van der Waals surface area contributed by atoms with Crippen molar-refractivity contribution in [2.24, 2.45) is 0 Å². The minimum atomic E-state index is -0.0815. The maximum atomic E-state index is 12.2. The molecule has 1 aromatic carbocycles. The highest BCUT2D eigenvalue weighted by molar-refractivity contribution is 6.02. The Hall–Kier alpha value is -2.56. The molecule has 0 radical (unpaired) electrons. The van der Waals surface area contributed by atoms with Crippen LogP contribution >= 0.6 is 0 Å². The number of nitrogen functional groups attached to an aromatic ring is 2. The normalized spacial score (nSPS) is 10.2. The molecular weight excluding hydrogens is 242 g/mol. The number of benzene rings is 1. The molecule has 1 aromatic heterocycles. The summed E-state index contributed by atoms with van der Waals surface area (Å²) in [6.45, 7) is 0. The number of hydrogen-bond donors (Lipinski definition) is 2. The minimum Gasteiger partial charge on any atom is -0.497 e. The number of methoxy groups -OCH3 is 1. The molecule has 0 atom stereocenters. The third-order valence-electron chi connectivity index (χ3n) is 2.77. The van der Waals surface area contributed by atoms with Gasteiger partial charge in [0.1, 0.15) is 11.6 Å². The summed E-state index contributed by atoms with van der Waals surface area (Å²) in [5.74, 6) is 0.915. The lowest BCUT2D eigenvalue weighted by Crippen LogP contribution is -2.08. The Morgan fingerprint density at radius 3 is 2.74 bits per heavy atom. The van der Waals surface area contributed by atoms with E-state index in [2.05, 4.69) is 4.98 Å². The van der Waals surface area contributed by atoms with Gasteiger partial charge in [0, 0.05) is 23.9 Å². The van der Waals surface area contributed by atoms with Crippen LogP contribution in [-0.4, -0.2) is 17.9 Å². The molecule has 0 saturated heterocycles. The SMILES string of the molecule is COc1ccc(N)c(C(=O)Cc2ccnc(N)c2)c1. The number of aromatic nitrogens is 1. The largest absolute Gasteiger partial charge is 0.497 e. The van der Waals surface area contributed by atoms with Crippen LogP contribution in [0.25, 0.3) is 0 Å². The highest BCUT2D eigenvalue weighted by atomic mass is 16.5. The number of pyridine rings is 1. The van der Waals surface area contributed by atoms with Gasteiger partial charge in [-0.1, -0.05) is 0 Å². The fourth-order valence-corrected chi connectivity index (χ4v) is 1.79. The lowest BCUT2D eigenvalue weighted by Gasteiger charge is -2.07. The first kappa shape index (κ1) is 12.9. The van der Waals surface area contributed by atoms with Crippen LogP contribution in [0.5, 0.6) is 5.75 Å². The van der Waals surface area contributed by atoms with Gasteiger partial charge in [0.15, 0.2) is 5.78 Å². The number of ether oxygens (including phenoxy) is 1. The van der Waals surface area contributed by atoms with Crippen molar-refractivity contribution in [2.75, 3.05) is 18.6 Å². The number of hydrogen-bond acceptors (Lipinski definition) is 5. The van der Waals surface area contributed by atoms with E-state index in [-0.39, 0.29) is 12.2 Å². The fourth-order valence-electron chi connectivity index (χ4n) is 1.79. The van der Waals surface area contributed by atoms with Crippen molar-refractivity contribution >= 4 is 17.3 Å². The summed E-state index contributed by atoms with van der Waals surface area (Å²) < 4.78 is 5.09. The van der Waals surface area contributed by atoms with Gasteiger partial charge >= 0.3 is 0 Å². The number of carbonyl (C=O) groups is 1. The second kappa shape index (κ2) is 5.39. The fraction of sp³-hybridized carbons (Fsp3) is 0.143. The molecule has 2 rings (SSSR count). The molecule has 4 N–H and O–H groups in total. The minimum absolute atomic E-state index is 0.0815. The van der Waals surface area contributed by atoms with E-state index in [0.717, 1.165) is 5.56 Å². The predicted octanol–water partition coefficient (Wildman–Crippen LogP) is 1.68. The summed E-state index contributed by atoms with van der Waals surface area (Å²) in [7, 11) is 1.54. The van der Waals surface area contributed by atoms with Crippen LogP contribution in [0.15, 0.2) is 36.5 Å². The number of ketones is 1. The maximum Gasteiger partial charge on any atom is 0.169 e. The first-order valence-electron chi connectivity index (χ1n) is 5.77. The molecule has 0 aliphatic rings.